The van der Waals surface area contributed by atoms with Gasteiger partial charge in [0.15, 0.2) is 0 Å². The molecule has 0 aliphatic rings. The van der Waals surface area contributed by atoms with E-state index in [1.807, 2.05) is 36.4 Å². The zero-order valence-corrected chi connectivity index (χ0v) is 27.1. The van der Waals surface area contributed by atoms with Crippen LogP contribution >= 0.6 is 0 Å². The van der Waals surface area contributed by atoms with Crippen molar-refractivity contribution in [1.82, 2.24) is 9.03 Å². The van der Waals surface area contributed by atoms with Crippen LogP contribution in [0.5, 0.6) is 0 Å². The Balaban J connectivity index is 1.27. The molecule has 11 aromatic rings. The van der Waals surface area contributed by atoms with Crippen LogP contribution in [-0.4, -0.2) is 9.03 Å². The number of nitrogens with zero attached hydrogens (tertiary/aromatic N) is 2. The lowest BCUT2D eigenvalue weighted by atomic mass is 9.85. The number of furan rings is 1. The first-order chi connectivity index (χ1) is 25.2. The average Bonchev–Trinajstić information content (AvgIpc) is 3.80. The quantitative estimate of drug-likeness (QED) is 0.178. The van der Waals surface area contributed by atoms with Gasteiger partial charge >= 0.3 is 5.56 Å². The molecule has 0 aliphatic heterocycles. The smallest absolute Gasteiger partial charge is 0.318 e. The molecule has 3 heterocycles. The van der Waals surface area contributed by atoms with Gasteiger partial charge in [0.1, 0.15) is 11.1 Å². The molecular formula is C46H26N2O3. The van der Waals surface area contributed by atoms with Gasteiger partial charge in [-0.05, 0) is 90.0 Å². The summed E-state index contributed by atoms with van der Waals surface area (Å²) in [6.07, 6.45) is 0. The summed E-state index contributed by atoms with van der Waals surface area (Å²) in [5.41, 5.74) is 7.81. The van der Waals surface area contributed by atoms with Crippen molar-refractivity contribution >= 4 is 65.3 Å². The maximum absolute atomic E-state index is 14.2. The van der Waals surface area contributed by atoms with Crippen LogP contribution in [0.4, 0.5) is 0 Å². The van der Waals surface area contributed by atoms with Crippen LogP contribution in [0.1, 0.15) is 0 Å². The molecule has 0 bridgehead atoms. The van der Waals surface area contributed by atoms with Gasteiger partial charge in [-0.3, -0.25) is 9.59 Å². The van der Waals surface area contributed by atoms with E-state index in [1.165, 1.54) is 20.9 Å². The first kappa shape index (κ1) is 27.9. The molecule has 238 valence electrons. The number of aromatic nitrogens is 2. The zero-order valence-electron chi connectivity index (χ0n) is 27.1. The summed E-state index contributed by atoms with van der Waals surface area (Å²) in [5, 5.41) is 7.83. The molecule has 0 fully saturated rings. The summed E-state index contributed by atoms with van der Waals surface area (Å²) in [6.45, 7) is 0. The zero-order chi connectivity index (χ0) is 33.8. The number of rotatable bonds is 3. The summed E-state index contributed by atoms with van der Waals surface area (Å²) in [4.78, 5) is 28.0. The van der Waals surface area contributed by atoms with Gasteiger partial charge in [-0.2, -0.15) is 4.52 Å². The minimum absolute atomic E-state index is 0.184. The van der Waals surface area contributed by atoms with Gasteiger partial charge in [0.05, 0.1) is 10.9 Å². The van der Waals surface area contributed by atoms with E-state index in [1.54, 1.807) is 4.52 Å². The molecule has 0 unspecified atom stereocenters. The Labute approximate surface area is 289 Å². The molecule has 5 nitrogen and oxygen atoms in total. The first-order valence-electron chi connectivity index (χ1n) is 17.0. The lowest BCUT2D eigenvalue weighted by Gasteiger charge is -2.18. The molecule has 51 heavy (non-hydrogen) atoms. The topological polar surface area (TPSA) is 56.1 Å². The Morgan fingerprint density at radius 3 is 1.76 bits per heavy atom. The van der Waals surface area contributed by atoms with Gasteiger partial charge in [-0.1, -0.05) is 133 Å². The highest BCUT2D eigenvalue weighted by atomic mass is 16.3. The van der Waals surface area contributed by atoms with Gasteiger partial charge in [-0.15, -0.1) is 0 Å². The van der Waals surface area contributed by atoms with Crippen LogP contribution in [0.2, 0.25) is 0 Å². The second-order valence-corrected chi connectivity index (χ2v) is 13.2. The van der Waals surface area contributed by atoms with Crippen LogP contribution in [0.15, 0.2) is 172 Å². The molecule has 11 rings (SSSR count). The minimum atomic E-state index is -0.454. The molecule has 0 saturated heterocycles. The van der Waals surface area contributed by atoms with Crippen LogP contribution in [0.25, 0.3) is 98.7 Å². The van der Waals surface area contributed by atoms with Crippen molar-refractivity contribution in [3.05, 3.63) is 178 Å². The average molecular weight is 655 g/mol. The van der Waals surface area contributed by atoms with Crippen molar-refractivity contribution in [3.63, 3.8) is 0 Å². The molecular weight excluding hydrogens is 629 g/mol. The van der Waals surface area contributed by atoms with Crippen LogP contribution in [-0.2, 0) is 0 Å². The van der Waals surface area contributed by atoms with Crippen molar-refractivity contribution in [2.24, 2.45) is 0 Å². The summed E-state index contributed by atoms with van der Waals surface area (Å²) >= 11 is 0. The van der Waals surface area contributed by atoms with E-state index in [9.17, 15) is 9.59 Å². The standard InChI is InChI=1S/C46H26N2O3/c49-45-38-25-36-37(26-39(38)47-43-35-18-8-9-20-40(35)51-44(43)46(50)48(45)47)41(29-12-2-1-3-13-29)33-16-6-7-17-34(33)42(36)30-23-21-28(22-24-30)32-19-10-14-27-11-4-5-15-31(27)32/h1-26H. The fourth-order valence-electron chi connectivity index (χ4n) is 8.28. The van der Waals surface area contributed by atoms with Crippen molar-refractivity contribution in [3.8, 4) is 33.4 Å². The largest absolute Gasteiger partial charge is 0.448 e. The van der Waals surface area contributed by atoms with E-state index < -0.39 is 5.56 Å². The van der Waals surface area contributed by atoms with Crippen LogP contribution in [0, 0.1) is 0 Å². The summed E-state index contributed by atoms with van der Waals surface area (Å²) in [7, 11) is 0. The predicted molar refractivity (Wildman–Crippen MR) is 208 cm³/mol. The third kappa shape index (κ3) is 3.80. The SMILES string of the molecule is O=c1c2cc3c(-c4ccc(-c5cccc6ccccc56)cc4)c4ccccc4c(-c4ccccc4)c3cc2n2c3c(oc4ccccc43)c(=O)n12. The van der Waals surface area contributed by atoms with Crippen molar-refractivity contribution in [1.29, 1.82) is 0 Å². The summed E-state index contributed by atoms with van der Waals surface area (Å²) in [5.74, 6) is 0. The van der Waals surface area contributed by atoms with Crippen LogP contribution < -0.4 is 11.1 Å². The predicted octanol–water partition coefficient (Wildman–Crippen LogP) is 10.7. The highest BCUT2D eigenvalue weighted by Crippen LogP contribution is 2.45. The van der Waals surface area contributed by atoms with E-state index in [0.29, 0.717) is 22.0 Å². The third-order valence-corrected chi connectivity index (χ3v) is 10.5. The normalized spacial score (nSPS) is 12.1. The summed E-state index contributed by atoms with van der Waals surface area (Å²) in [6, 6.07) is 54.2. The fraction of sp³-hybridized carbons (Fsp3) is 0. The van der Waals surface area contributed by atoms with E-state index >= 15 is 0 Å². The molecule has 0 amide bonds. The number of hydrogen-bond donors (Lipinski definition) is 0. The monoisotopic (exact) mass is 654 g/mol. The maximum Gasteiger partial charge on any atom is 0.318 e. The van der Waals surface area contributed by atoms with Gasteiger partial charge in [0.2, 0.25) is 5.58 Å². The molecule has 0 aliphatic carbocycles. The van der Waals surface area contributed by atoms with Gasteiger partial charge < -0.3 is 4.42 Å². The Hall–Kier alpha value is -6.98. The molecule has 0 atom stereocenters. The first-order valence-corrected chi connectivity index (χ1v) is 17.0. The second kappa shape index (κ2) is 10.3. The lowest BCUT2D eigenvalue weighted by molar-refractivity contribution is 0.662. The van der Waals surface area contributed by atoms with Gasteiger partial charge in [-0.25, -0.2) is 4.52 Å². The molecule has 0 spiro atoms. The molecule has 5 heteroatoms. The lowest BCUT2D eigenvalue weighted by Crippen LogP contribution is -2.21. The minimum Gasteiger partial charge on any atom is -0.448 e. The fourth-order valence-corrected chi connectivity index (χ4v) is 8.28. The Morgan fingerprint density at radius 1 is 0.412 bits per heavy atom. The number of hydrogen-bond acceptors (Lipinski definition) is 3. The molecule has 3 aromatic heterocycles. The van der Waals surface area contributed by atoms with Crippen molar-refractivity contribution in [2.75, 3.05) is 0 Å². The van der Waals surface area contributed by atoms with Crippen molar-refractivity contribution < 1.29 is 4.42 Å². The van der Waals surface area contributed by atoms with E-state index in [-0.39, 0.29) is 11.1 Å². The van der Waals surface area contributed by atoms with Gasteiger partial charge in [0.25, 0.3) is 5.56 Å². The number of benzene rings is 8. The second-order valence-electron chi connectivity index (χ2n) is 13.2. The molecule has 0 saturated carbocycles. The van der Waals surface area contributed by atoms with E-state index in [4.69, 9.17) is 4.42 Å². The van der Waals surface area contributed by atoms with Gasteiger partial charge in [0, 0.05) is 5.39 Å². The van der Waals surface area contributed by atoms with Crippen LogP contribution in [0.3, 0.4) is 0 Å². The Kier molecular flexibility index (Phi) is 5.62. The number of fused-ring (bicyclic) bond motifs is 10. The van der Waals surface area contributed by atoms with E-state index in [2.05, 4.69) is 121 Å². The molecule has 0 N–H and O–H groups in total. The Bertz CT molecular complexity index is 3330. The van der Waals surface area contributed by atoms with E-state index in [0.717, 1.165) is 54.7 Å². The highest BCUT2D eigenvalue weighted by molar-refractivity contribution is 6.23. The van der Waals surface area contributed by atoms with Crippen molar-refractivity contribution in [2.45, 2.75) is 0 Å². The highest BCUT2D eigenvalue weighted by Gasteiger charge is 2.25. The Morgan fingerprint density at radius 2 is 1.00 bits per heavy atom. The molecule has 0 radical (unpaired) electrons. The maximum atomic E-state index is 14.2. The third-order valence-electron chi connectivity index (χ3n) is 10.5. The number of para-hydroxylation sites is 1. The molecule has 8 aromatic carbocycles. The summed E-state index contributed by atoms with van der Waals surface area (Å²) < 4.78 is 9.00.